The van der Waals surface area contributed by atoms with Gasteiger partial charge in [0.05, 0.1) is 18.4 Å². The second kappa shape index (κ2) is 7.37. The van der Waals surface area contributed by atoms with Crippen molar-refractivity contribution in [3.63, 3.8) is 0 Å². The largest absolute Gasteiger partial charge is 0.496 e. The smallest absolute Gasteiger partial charge is 0.260 e. The fraction of sp³-hybridized carbons (Fsp3) is 0.100. The molecule has 0 saturated carbocycles. The van der Waals surface area contributed by atoms with Crippen LogP contribution in [-0.4, -0.2) is 24.6 Å². The van der Waals surface area contributed by atoms with Gasteiger partial charge in [0, 0.05) is 5.56 Å². The van der Waals surface area contributed by atoms with Gasteiger partial charge < -0.3 is 4.74 Å². The Morgan fingerprint density at radius 3 is 2.92 bits per heavy atom. The minimum atomic E-state index is -0.446. The van der Waals surface area contributed by atoms with Gasteiger partial charge in [-0.3, -0.25) is 4.79 Å². The summed E-state index contributed by atoms with van der Waals surface area (Å²) in [6, 6.07) is 9.59. The van der Waals surface area contributed by atoms with Crippen molar-refractivity contribution in [2.75, 3.05) is 7.11 Å². The minimum Gasteiger partial charge on any atom is -0.496 e. The van der Waals surface area contributed by atoms with Crippen LogP contribution in [0.2, 0.25) is 0 Å². The van der Waals surface area contributed by atoms with Crippen LogP contribution in [0.1, 0.15) is 5.56 Å². The lowest BCUT2D eigenvalue weighted by atomic mass is 9.96. The topological polar surface area (TPSA) is 74.8 Å². The monoisotopic (exact) mass is 329 g/mol. The van der Waals surface area contributed by atoms with Crippen LogP contribution >= 0.6 is 0 Å². The van der Waals surface area contributed by atoms with E-state index in [4.69, 9.17) is 4.74 Å². The van der Waals surface area contributed by atoms with Crippen molar-refractivity contribution in [3.8, 4) is 11.8 Å². The number of carbonyl (C=O) groups excluding carboxylic acids is 1. The number of amidine groups is 1. The maximum Gasteiger partial charge on any atom is 0.260 e. The molecule has 2 aliphatic rings. The summed E-state index contributed by atoms with van der Waals surface area (Å²) in [4.78, 5) is 20.4. The van der Waals surface area contributed by atoms with Crippen molar-refractivity contribution in [2.24, 2.45) is 15.9 Å². The van der Waals surface area contributed by atoms with E-state index in [0.717, 1.165) is 11.3 Å². The van der Waals surface area contributed by atoms with Crippen molar-refractivity contribution in [2.45, 2.75) is 0 Å². The molecule has 0 fully saturated rings. The van der Waals surface area contributed by atoms with E-state index in [1.54, 1.807) is 37.5 Å². The van der Waals surface area contributed by atoms with E-state index < -0.39 is 5.92 Å². The number of hydrogen-bond acceptors (Lipinski definition) is 4. The van der Waals surface area contributed by atoms with Crippen LogP contribution in [0.25, 0.3) is 6.08 Å². The molecule has 25 heavy (non-hydrogen) atoms. The number of nitriles is 1. The average molecular weight is 329 g/mol. The number of fused-ring (bicyclic) bond motifs is 1. The van der Waals surface area contributed by atoms with Crippen LogP contribution < -0.4 is 4.74 Å². The second-order valence-electron chi connectivity index (χ2n) is 5.33. The van der Waals surface area contributed by atoms with Crippen LogP contribution in [0.5, 0.6) is 5.75 Å². The third-order valence-corrected chi connectivity index (χ3v) is 3.76. The Labute approximate surface area is 145 Å². The average Bonchev–Trinajstić information content (AvgIpc) is 2.65. The molecule has 0 spiro atoms. The molecule has 1 aromatic rings. The first kappa shape index (κ1) is 16.3. The molecule has 0 aromatic heterocycles. The molecule has 0 N–H and O–H groups in total. The maximum atomic E-state index is 12.1. The van der Waals surface area contributed by atoms with Gasteiger partial charge in [-0.25, -0.2) is 4.99 Å². The van der Waals surface area contributed by atoms with E-state index >= 15 is 0 Å². The van der Waals surface area contributed by atoms with E-state index in [-0.39, 0.29) is 17.3 Å². The van der Waals surface area contributed by atoms with E-state index in [9.17, 15) is 10.1 Å². The zero-order valence-electron chi connectivity index (χ0n) is 13.6. The number of allylic oxidation sites excluding steroid dienone is 5. The van der Waals surface area contributed by atoms with Crippen LogP contribution in [0.4, 0.5) is 0 Å². The summed E-state index contributed by atoms with van der Waals surface area (Å²) in [7, 11) is 1.60. The van der Waals surface area contributed by atoms with Gasteiger partial charge in [0.15, 0.2) is 5.84 Å². The summed E-state index contributed by atoms with van der Waals surface area (Å²) in [5, 5.41) is 9.39. The van der Waals surface area contributed by atoms with Crippen molar-refractivity contribution in [1.82, 2.24) is 0 Å². The standard InChI is InChI=1S/C20H15N3O2/c1-25-18-12-5-2-7-14(18)8-6-9-15(13-21)19-22-17-11-4-3-10-16(17)20(24)23-19/h2-12,16H,1H3/b8-6+,15-9+. The Hall–Kier alpha value is -3.52. The van der Waals surface area contributed by atoms with Crippen molar-refractivity contribution >= 4 is 23.5 Å². The molecule has 0 bridgehead atoms. The number of para-hydroxylation sites is 1. The Bertz CT molecular complexity index is 925. The van der Waals surface area contributed by atoms with Gasteiger partial charge in [0.1, 0.15) is 17.7 Å². The van der Waals surface area contributed by atoms with Crippen LogP contribution in [0.3, 0.4) is 0 Å². The number of amides is 1. The summed E-state index contributed by atoms with van der Waals surface area (Å²) in [6.07, 6.45) is 12.2. The lowest BCUT2D eigenvalue weighted by Crippen LogP contribution is -2.27. The van der Waals surface area contributed by atoms with E-state index in [1.165, 1.54) is 0 Å². The molecule has 1 aliphatic carbocycles. The predicted molar refractivity (Wildman–Crippen MR) is 97.4 cm³/mol. The van der Waals surface area contributed by atoms with E-state index in [0.29, 0.717) is 5.71 Å². The summed E-state index contributed by atoms with van der Waals surface area (Å²) >= 11 is 0. The third kappa shape index (κ3) is 3.54. The predicted octanol–water partition coefficient (Wildman–Crippen LogP) is 3.28. The molecule has 122 valence electrons. The van der Waals surface area contributed by atoms with Gasteiger partial charge in [-0.05, 0) is 18.2 Å². The highest BCUT2D eigenvalue weighted by Gasteiger charge is 2.27. The Morgan fingerprint density at radius 1 is 1.28 bits per heavy atom. The van der Waals surface area contributed by atoms with Crippen LogP contribution in [-0.2, 0) is 4.79 Å². The Balaban J connectivity index is 1.87. The molecule has 0 saturated heterocycles. The molecule has 1 atom stereocenters. The molecular formula is C20H15N3O2. The molecule has 5 nitrogen and oxygen atoms in total. The molecule has 3 rings (SSSR count). The van der Waals surface area contributed by atoms with Gasteiger partial charge in [-0.1, -0.05) is 48.6 Å². The second-order valence-corrected chi connectivity index (χ2v) is 5.33. The highest BCUT2D eigenvalue weighted by molar-refractivity contribution is 6.25. The Morgan fingerprint density at radius 2 is 2.12 bits per heavy atom. The lowest BCUT2D eigenvalue weighted by Gasteiger charge is -2.17. The normalized spacial score (nSPS) is 19.3. The molecular weight excluding hydrogens is 314 g/mol. The lowest BCUT2D eigenvalue weighted by molar-refractivity contribution is -0.118. The van der Waals surface area contributed by atoms with Crippen molar-refractivity contribution in [1.29, 1.82) is 5.26 Å². The first-order valence-corrected chi connectivity index (χ1v) is 7.71. The minimum absolute atomic E-state index is 0.142. The molecule has 1 amide bonds. The first-order valence-electron chi connectivity index (χ1n) is 7.71. The molecule has 1 aromatic carbocycles. The SMILES string of the molecule is COc1ccccc1/C=C/C=C(\C#N)C1=NC(=O)C2C=CC=CC2=N1. The Kier molecular flexibility index (Phi) is 4.82. The third-order valence-electron chi connectivity index (χ3n) is 3.76. The molecule has 5 heteroatoms. The number of benzene rings is 1. The number of ether oxygens (including phenoxy) is 1. The number of aliphatic imine (C=N–C) groups is 2. The van der Waals surface area contributed by atoms with Gasteiger partial charge in [0.2, 0.25) is 0 Å². The molecule has 1 aliphatic heterocycles. The van der Waals surface area contributed by atoms with E-state index in [1.807, 2.05) is 42.5 Å². The van der Waals surface area contributed by atoms with Gasteiger partial charge >= 0.3 is 0 Å². The number of carbonyl (C=O) groups is 1. The molecule has 0 radical (unpaired) electrons. The number of methoxy groups -OCH3 is 1. The summed E-state index contributed by atoms with van der Waals surface area (Å²) in [5.41, 5.74) is 1.72. The fourth-order valence-electron chi connectivity index (χ4n) is 2.50. The van der Waals surface area contributed by atoms with Gasteiger partial charge in [-0.2, -0.15) is 10.3 Å². The van der Waals surface area contributed by atoms with E-state index in [2.05, 4.69) is 9.98 Å². The summed E-state index contributed by atoms with van der Waals surface area (Å²) in [5.74, 6) is 0.120. The van der Waals surface area contributed by atoms with Crippen LogP contribution in [0.15, 0.2) is 76.3 Å². The fourth-order valence-corrected chi connectivity index (χ4v) is 2.50. The van der Waals surface area contributed by atoms with Gasteiger partial charge in [-0.15, -0.1) is 0 Å². The zero-order valence-corrected chi connectivity index (χ0v) is 13.6. The summed E-state index contributed by atoms with van der Waals surface area (Å²) in [6.45, 7) is 0. The highest BCUT2D eigenvalue weighted by Crippen LogP contribution is 2.20. The maximum absolute atomic E-state index is 12.1. The van der Waals surface area contributed by atoms with Gasteiger partial charge in [0.25, 0.3) is 5.91 Å². The first-order chi connectivity index (χ1) is 12.2. The molecule has 1 unspecified atom stereocenters. The zero-order chi connectivity index (χ0) is 17.6. The van der Waals surface area contributed by atoms with Crippen molar-refractivity contribution in [3.05, 3.63) is 71.9 Å². The number of nitrogens with zero attached hydrogens (tertiary/aromatic N) is 3. The molecule has 1 heterocycles. The highest BCUT2D eigenvalue weighted by atomic mass is 16.5. The quantitative estimate of drug-likeness (QED) is 0.628. The number of rotatable bonds is 4. The van der Waals surface area contributed by atoms with Crippen LogP contribution in [0, 0.1) is 17.2 Å². The summed E-state index contributed by atoms with van der Waals surface area (Å²) < 4.78 is 5.28. The number of hydrogen-bond donors (Lipinski definition) is 0. The van der Waals surface area contributed by atoms with Crippen molar-refractivity contribution < 1.29 is 9.53 Å².